The van der Waals surface area contributed by atoms with Crippen LogP contribution >= 0.6 is 0 Å². The van der Waals surface area contributed by atoms with Gasteiger partial charge < -0.3 is 14.0 Å². The fourth-order valence-electron chi connectivity index (χ4n) is 3.88. The number of amides is 2. The average Bonchev–Trinajstić information content (AvgIpc) is 3.18. The predicted molar refractivity (Wildman–Crippen MR) is 91.3 cm³/mol. The normalized spacial score (nSPS) is 23.0. The third-order valence-corrected chi connectivity index (χ3v) is 5.49. The maximum atomic E-state index is 12.9. The van der Waals surface area contributed by atoms with Gasteiger partial charge in [-0.25, -0.2) is 9.78 Å². The molecule has 2 aromatic heterocycles. The van der Waals surface area contributed by atoms with Crippen molar-refractivity contribution in [2.75, 3.05) is 26.2 Å². The molecule has 0 aromatic carbocycles. The lowest BCUT2D eigenvalue weighted by Crippen LogP contribution is -2.62. The number of aromatic nitrogens is 2. The summed E-state index contributed by atoms with van der Waals surface area (Å²) in [5.41, 5.74) is 2.48. The van der Waals surface area contributed by atoms with Crippen LogP contribution in [0.2, 0.25) is 0 Å². The Kier molecular flexibility index (Phi) is 3.67. The quantitative estimate of drug-likeness (QED) is 0.850. The standard InChI is InChI=1S/C18H22N4O3/c1-3-18-11-20(7-8-22(18)17(24)25-12-18)15(23)9-14-10-19-16-13(2)5-4-6-21(14)16/h4-6,10H,3,7-9,11-12H2,1-2H3. The summed E-state index contributed by atoms with van der Waals surface area (Å²) in [7, 11) is 0. The van der Waals surface area contributed by atoms with E-state index in [0.717, 1.165) is 23.3 Å². The van der Waals surface area contributed by atoms with Crippen molar-refractivity contribution in [1.82, 2.24) is 19.2 Å². The molecule has 0 N–H and O–H groups in total. The number of fused-ring (bicyclic) bond motifs is 2. The number of nitrogens with zero attached hydrogens (tertiary/aromatic N) is 4. The van der Waals surface area contributed by atoms with E-state index in [9.17, 15) is 9.59 Å². The number of carbonyl (C=O) groups is 2. The Morgan fingerprint density at radius 2 is 2.24 bits per heavy atom. The van der Waals surface area contributed by atoms with Crippen LogP contribution in [0.5, 0.6) is 0 Å². The highest BCUT2D eigenvalue weighted by atomic mass is 16.6. The molecule has 2 aromatic rings. The van der Waals surface area contributed by atoms with E-state index in [-0.39, 0.29) is 17.5 Å². The maximum absolute atomic E-state index is 12.9. The van der Waals surface area contributed by atoms with Crippen molar-refractivity contribution in [2.24, 2.45) is 0 Å². The molecule has 2 amide bonds. The summed E-state index contributed by atoms with van der Waals surface area (Å²) in [4.78, 5) is 32.8. The maximum Gasteiger partial charge on any atom is 0.410 e. The Balaban J connectivity index is 1.53. The molecule has 2 fully saturated rings. The van der Waals surface area contributed by atoms with Crippen LogP contribution in [0.1, 0.15) is 24.6 Å². The van der Waals surface area contributed by atoms with E-state index in [1.165, 1.54) is 0 Å². The smallest absolute Gasteiger partial charge is 0.410 e. The topological polar surface area (TPSA) is 67.2 Å². The summed E-state index contributed by atoms with van der Waals surface area (Å²) in [5, 5.41) is 0. The van der Waals surface area contributed by atoms with Crippen molar-refractivity contribution in [3.63, 3.8) is 0 Å². The molecule has 0 radical (unpaired) electrons. The highest BCUT2D eigenvalue weighted by Gasteiger charge is 2.50. The first-order valence-electron chi connectivity index (χ1n) is 8.68. The molecule has 4 heterocycles. The molecule has 0 spiro atoms. The van der Waals surface area contributed by atoms with Crippen molar-refractivity contribution in [2.45, 2.75) is 32.2 Å². The van der Waals surface area contributed by atoms with Gasteiger partial charge in [0, 0.05) is 32.0 Å². The molecule has 7 nitrogen and oxygen atoms in total. The minimum Gasteiger partial charge on any atom is -0.447 e. The number of hydrogen-bond donors (Lipinski definition) is 0. The second kappa shape index (κ2) is 5.75. The number of imidazole rings is 1. The summed E-state index contributed by atoms with van der Waals surface area (Å²) < 4.78 is 7.21. The number of rotatable bonds is 3. The second-order valence-corrected chi connectivity index (χ2v) is 6.91. The first kappa shape index (κ1) is 15.9. The van der Waals surface area contributed by atoms with Gasteiger partial charge in [-0.15, -0.1) is 0 Å². The van der Waals surface area contributed by atoms with Crippen LogP contribution in [-0.2, 0) is 16.0 Å². The van der Waals surface area contributed by atoms with Crippen LogP contribution in [0.25, 0.3) is 5.65 Å². The van der Waals surface area contributed by atoms with E-state index in [1.54, 1.807) is 11.1 Å². The zero-order valence-corrected chi connectivity index (χ0v) is 14.6. The monoisotopic (exact) mass is 342 g/mol. The van der Waals surface area contributed by atoms with Crippen LogP contribution in [0.4, 0.5) is 4.79 Å². The van der Waals surface area contributed by atoms with Gasteiger partial charge in [0.25, 0.3) is 0 Å². The first-order chi connectivity index (χ1) is 12.0. The van der Waals surface area contributed by atoms with Crippen LogP contribution in [0.3, 0.4) is 0 Å². The van der Waals surface area contributed by atoms with Crippen LogP contribution in [0, 0.1) is 6.92 Å². The highest BCUT2D eigenvalue weighted by Crippen LogP contribution is 2.31. The molecule has 0 saturated carbocycles. The van der Waals surface area contributed by atoms with Crippen molar-refractivity contribution in [1.29, 1.82) is 0 Å². The van der Waals surface area contributed by atoms with Crippen LogP contribution < -0.4 is 0 Å². The number of cyclic esters (lactones) is 1. The molecule has 132 valence electrons. The van der Waals surface area contributed by atoms with Gasteiger partial charge in [-0.3, -0.25) is 9.69 Å². The van der Waals surface area contributed by atoms with Gasteiger partial charge >= 0.3 is 6.09 Å². The second-order valence-electron chi connectivity index (χ2n) is 6.91. The minimum atomic E-state index is -0.374. The van der Waals surface area contributed by atoms with E-state index in [0.29, 0.717) is 32.7 Å². The lowest BCUT2D eigenvalue weighted by atomic mass is 9.92. The molecule has 4 rings (SSSR count). The number of hydrogen-bond acceptors (Lipinski definition) is 4. The van der Waals surface area contributed by atoms with E-state index in [1.807, 2.05) is 41.5 Å². The van der Waals surface area contributed by atoms with Gasteiger partial charge in [0.05, 0.1) is 17.7 Å². The lowest BCUT2D eigenvalue weighted by molar-refractivity contribution is -0.134. The number of piperazine rings is 1. The highest BCUT2D eigenvalue weighted by molar-refractivity contribution is 5.80. The fraction of sp³-hybridized carbons (Fsp3) is 0.500. The summed E-state index contributed by atoms with van der Waals surface area (Å²) in [5.74, 6) is 0.0649. The third-order valence-electron chi connectivity index (χ3n) is 5.49. The Hall–Kier alpha value is -2.57. The van der Waals surface area contributed by atoms with E-state index in [2.05, 4.69) is 4.98 Å². The van der Waals surface area contributed by atoms with Crippen LogP contribution in [-0.4, -0.2) is 63.0 Å². The minimum absolute atomic E-state index is 0.0649. The Morgan fingerprint density at radius 1 is 1.40 bits per heavy atom. The average molecular weight is 342 g/mol. The molecular weight excluding hydrogens is 320 g/mol. The molecular formula is C18H22N4O3. The molecule has 25 heavy (non-hydrogen) atoms. The van der Waals surface area contributed by atoms with Crippen LogP contribution in [0.15, 0.2) is 24.5 Å². The molecule has 2 aliphatic rings. The molecule has 2 aliphatic heterocycles. The molecule has 1 atom stereocenters. The zero-order chi connectivity index (χ0) is 17.6. The Bertz CT molecular complexity index is 846. The first-order valence-corrected chi connectivity index (χ1v) is 8.68. The predicted octanol–water partition coefficient (Wildman–Crippen LogP) is 1.63. The Labute approximate surface area is 146 Å². The van der Waals surface area contributed by atoms with E-state index in [4.69, 9.17) is 4.74 Å². The van der Waals surface area contributed by atoms with Gasteiger partial charge in [0.15, 0.2) is 0 Å². The number of pyridine rings is 1. The Morgan fingerprint density at radius 3 is 3.04 bits per heavy atom. The zero-order valence-electron chi connectivity index (χ0n) is 14.6. The van der Waals surface area contributed by atoms with Gasteiger partial charge in [0.2, 0.25) is 5.91 Å². The lowest BCUT2D eigenvalue weighted by Gasteiger charge is -2.44. The third kappa shape index (κ3) is 2.45. The van der Waals surface area contributed by atoms with Gasteiger partial charge in [-0.05, 0) is 25.0 Å². The van der Waals surface area contributed by atoms with Crippen molar-refractivity contribution in [3.8, 4) is 0 Å². The summed E-state index contributed by atoms with van der Waals surface area (Å²) in [6, 6.07) is 3.97. The number of carbonyl (C=O) groups excluding carboxylic acids is 2. The summed E-state index contributed by atoms with van der Waals surface area (Å²) in [6.45, 7) is 6.02. The largest absolute Gasteiger partial charge is 0.447 e. The molecule has 7 heteroatoms. The van der Waals surface area contributed by atoms with Gasteiger partial charge in [-0.1, -0.05) is 13.0 Å². The molecule has 2 saturated heterocycles. The number of ether oxygens (including phenoxy) is 1. The molecule has 1 unspecified atom stereocenters. The summed E-state index contributed by atoms with van der Waals surface area (Å²) in [6.07, 6.45) is 4.53. The van der Waals surface area contributed by atoms with Gasteiger partial charge in [0.1, 0.15) is 12.3 Å². The SMILES string of the molecule is CCC12COC(=O)N1CCN(C(=O)Cc1cnc3c(C)cccn13)C2. The number of aryl methyl sites for hydroxylation is 1. The van der Waals surface area contributed by atoms with E-state index < -0.39 is 0 Å². The van der Waals surface area contributed by atoms with Crippen molar-refractivity contribution in [3.05, 3.63) is 35.8 Å². The molecule has 0 bridgehead atoms. The van der Waals surface area contributed by atoms with Gasteiger partial charge in [-0.2, -0.15) is 0 Å². The van der Waals surface area contributed by atoms with E-state index >= 15 is 0 Å². The molecule has 0 aliphatic carbocycles. The van der Waals surface area contributed by atoms with Crippen molar-refractivity contribution >= 4 is 17.6 Å². The summed E-state index contributed by atoms with van der Waals surface area (Å²) >= 11 is 0. The van der Waals surface area contributed by atoms with Crippen molar-refractivity contribution < 1.29 is 14.3 Å². The fourth-order valence-corrected chi connectivity index (χ4v) is 3.88.